The SMILES string of the molecule is O=C(CCOc1ccc(F)cc1)NCCN1CCOCC1. The molecule has 1 N–H and O–H groups in total. The van der Waals surface area contributed by atoms with Crippen molar-refractivity contribution in [1.29, 1.82) is 0 Å². The van der Waals surface area contributed by atoms with Crippen molar-refractivity contribution >= 4 is 5.91 Å². The summed E-state index contributed by atoms with van der Waals surface area (Å²) in [6, 6.07) is 5.76. The Morgan fingerprint density at radius 1 is 1.29 bits per heavy atom. The second-order valence-electron chi connectivity index (χ2n) is 4.86. The number of hydrogen-bond donors (Lipinski definition) is 1. The first-order valence-electron chi connectivity index (χ1n) is 7.19. The molecule has 1 saturated heterocycles. The first-order valence-corrected chi connectivity index (χ1v) is 7.19. The molecule has 0 saturated carbocycles. The highest BCUT2D eigenvalue weighted by atomic mass is 19.1. The summed E-state index contributed by atoms with van der Waals surface area (Å²) >= 11 is 0. The number of rotatable bonds is 7. The minimum Gasteiger partial charge on any atom is -0.493 e. The molecule has 5 nitrogen and oxygen atoms in total. The molecule has 0 spiro atoms. The van der Waals surface area contributed by atoms with Gasteiger partial charge in [-0.25, -0.2) is 4.39 Å². The summed E-state index contributed by atoms with van der Waals surface area (Å²) in [7, 11) is 0. The van der Waals surface area contributed by atoms with Gasteiger partial charge in [0.1, 0.15) is 11.6 Å². The second-order valence-corrected chi connectivity index (χ2v) is 4.86. The highest BCUT2D eigenvalue weighted by Gasteiger charge is 2.10. The van der Waals surface area contributed by atoms with Crippen LogP contribution in [-0.2, 0) is 9.53 Å². The lowest BCUT2D eigenvalue weighted by Crippen LogP contribution is -2.41. The Balaban J connectivity index is 1.54. The van der Waals surface area contributed by atoms with Crippen LogP contribution < -0.4 is 10.1 Å². The van der Waals surface area contributed by atoms with Gasteiger partial charge in [-0.3, -0.25) is 9.69 Å². The Labute approximate surface area is 124 Å². The van der Waals surface area contributed by atoms with Crippen molar-refractivity contribution in [3.05, 3.63) is 30.1 Å². The van der Waals surface area contributed by atoms with E-state index in [4.69, 9.17) is 9.47 Å². The van der Waals surface area contributed by atoms with E-state index in [0.29, 0.717) is 18.7 Å². The molecule has 0 aliphatic carbocycles. The largest absolute Gasteiger partial charge is 0.493 e. The molecule has 1 fully saturated rings. The maximum atomic E-state index is 12.7. The molecule has 0 bridgehead atoms. The van der Waals surface area contributed by atoms with E-state index in [9.17, 15) is 9.18 Å². The Morgan fingerprint density at radius 3 is 2.71 bits per heavy atom. The van der Waals surface area contributed by atoms with Crippen LogP contribution in [0.5, 0.6) is 5.75 Å². The van der Waals surface area contributed by atoms with Crippen LogP contribution in [0.3, 0.4) is 0 Å². The number of morpholine rings is 1. The Bertz CT molecular complexity index is 433. The van der Waals surface area contributed by atoms with Crippen molar-refractivity contribution in [2.75, 3.05) is 46.0 Å². The van der Waals surface area contributed by atoms with E-state index in [1.54, 1.807) is 12.1 Å². The van der Waals surface area contributed by atoms with Crippen LogP contribution in [0, 0.1) is 5.82 Å². The van der Waals surface area contributed by atoms with Gasteiger partial charge in [-0.05, 0) is 24.3 Å². The molecule has 0 radical (unpaired) electrons. The summed E-state index contributed by atoms with van der Waals surface area (Å²) in [6.07, 6.45) is 0.292. The number of halogens is 1. The van der Waals surface area contributed by atoms with Crippen molar-refractivity contribution in [1.82, 2.24) is 10.2 Å². The second kappa shape index (κ2) is 8.59. The first-order chi connectivity index (χ1) is 10.2. The molecule has 6 heteroatoms. The molecule has 1 aromatic rings. The predicted molar refractivity (Wildman–Crippen MR) is 76.8 cm³/mol. The average molecular weight is 296 g/mol. The summed E-state index contributed by atoms with van der Waals surface area (Å²) in [5, 5.41) is 2.86. The molecule has 1 heterocycles. The van der Waals surface area contributed by atoms with Gasteiger partial charge >= 0.3 is 0 Å². The van der Waals surface area contributed by atoms with Gasteiger partial charge < -0.3 is 14.8 Å². The molecule has 116 valence electrons. The van der Waals surface area contributed by atoms with Crippen molar-refractivity contribution in [3.8, 4) is 5.75 Å². The number of nitrogens with one attached hydrogen (secondary N) is 1. The first kappa shape index (κ1) is 15.7. The van der Waals surface area contributed by atoms with Crippen LogP contribution in [0.25, 0.3) is 0 Å². The highest BCUT2D eigenvalue weighted by molar-refractivity contribution is 5.75. The minimum atomic E-state index is -0.303. The average Bonchev–Trinajstić information content (AvgIpc) is 2.50. The lowest BCUT2D eigenvalue weighted by atomic mass is 10.3. The van der Waals surface area contributed by atoms with Gasteiger partial charge in [0.2, 0.25) is 5.91 Å². The van der Waals surface area contributed by atoms with Crippen LogP contribution in [0.1, 0.15) is 6.42 Å². The molecule has 2 rings (SSSR count). The van der Waals surface area contributed by atoms with Gasteiger partial charge in [-0.1, -0.05) is 0 Å². The lowest BCUT2D eigenvalue weighted by Gasteiger charge is -2.26. The van der Waals surface area contributed by atoms with Gasteiger partial charge in [0, 0.05) is 26.2 Å². The van der Waals surface area contributed by atoms with E-state index in [-0.39, 0.29) is 18.3 Å². The van der Waals surface area contributed by atoms with Crippen molar-refractivity contribution in [2.24, 2.45) is 0 Å². The number of amides is 1. The van der Waals surface area contributed by atoms with Crippen LogP contribution in [0.2, 0.25) is 0 Å². The number of nitrogens with zero attached hydrogens (tertiary/aromatic N) is 1. The van der Waals surface area contributed by atoms with Gasteiger partial charge in [-0.15, -0.1) is 0 Å². The third-order valence-electron chi connectivity index (χ3n) is 3.27. The Morgan fingerprint density at radius 2 is 2.00 bits per heavy atom. The zero-order valence-electron chi connectivity index (χ0n) is 12.0. The molecule has 0 unspecified atom stereocenters. The summed E-state index contributed by atoms with van der Waals surface area (Å²) < 4.78 is 23.3. The van der Waals surface area contributed by atoms with Crippen molar-refractivity contribution < 1.29 is 18.7 Å². The molecule has 21 heavy (non-hydrogen) atoms. The number of carbonyl (C=O) groups is 1. The molecule has 0 atom stereocenters. The van der Waals surface area contributed by atoms with Gasteiger partial charge in [0.25, 0.3) is 0 Å². The minimum absolute atomic E-state index is 0.0367. The van der Waals surface area contributed by atoms with E-state index >= 15 is 0 Å². The molecule has 1 amide bonds. The normalized spacial score (nSPS) is 15.7. The zero-order chi connectivity index (χ0) is 14.9. The number of benzene rings is 1. The number of hydrogen-bond acceptors (Lipinski definition) is 4. The van der Waals surface area contributed by atoms with Crippen molar-refractivity contribution in [3.63, 3.8) is 0 Å². The maximum absolute atomic E-state index is 12.7. The molecule has 0 aromatic heterocycles. The van der Waals surface area contributed by atoms with Gasteiger partial charge in [0.05, 0.1) is 26.2 Å². The molecular weight excluding hydrogens is 275 g/mol. The third-order valence-corrected chi connectivity index (χ3v) is 3.27. The van der Waals surface area contributed by atoms with Gasteiger partial charge in [-0.2, -0.15) is 0 Å². The fourth-order valence-corrected chi connectivity index (χ4v) is 2.06. The standard InChI is InChI=1S/C15H21FN2O3/c16-13-1-3-14(4-2-13)21-10-5-15(19)17-6-7-18-8-11-20-12-9-18/h1-4H,5-12H2,(H,17,19). The molecule has 1 aromatic carbocycles. The Hall–Kier alpha value is -1.66. The molecular formula is C15H21FN2O3. The van der Waals surface area contributed by atoms with E-state index < -0.39 is 0 Å². The Kier molecular flexibility index (Phi) is 6.43. The quantitative estimate of drug-likeness (QED) is 0.817. The van der Waals surface area contributed by atoms with E-state index in [1.807, 2.05) is 0 Å². The molecule has 1 aliphatic heterocycles. The topological polar surface area (TPSA) is 50.8 Å². The number of ether oxygens (including phenoxy) is 2. The van der Waals surface area contributed by atoms with Crippen molar-refractivity contribution in [2.45, 2.75) is 6.42 Å². The van der Waals surface area contributed by atoms with Crippen LogP contribution >= 0.6 is 0 Å². The summed E-state index contributed by atoms with van der Waals surface area (Å²) in [5.74, 6) is 0.228. The van der Waals surface area contributed by atoms with Crippen LogP contribution in [0.15, 0.2) is 24.3 Å². The van der Waals surface area contributed by atoms with E-state index in [2.05, 4.69) is 10.2 Å². The van der Waals surface area contributed by atoms with Crippen LogP contribution in [0.4, 0.5) is 4.39 Å². The lowest BCUT2D eigenvalue weighted by molar-refractivity contribution is -0.121. The highest BCUT2D eigenvalue weighted by Crippen LogP contribution is 2.10. The number of carbonyl (C=O) groups excluding carboxylic acids is 1. The summed E-state index contributed by atoms with van der Waals surface area (Å²) in [6.45, 7) is 5.13. The van der Waals surface area contributed by atoms with Crippen LogP contribution in [-0.4, -0.2) is 56.8 Å². The zero-order valence-corrected chi connectivity index (χ0v) is 12.0. The summed E-state index contributed by atoms with van der Waals surface area (Å²) in [4.78, 5) is 13.9. The van der Waals surface area contributed by atoms with E-state index in [1.165, 1.54) is 12.1 Å². The van der Waals surface area contributed by atoms with E-state index in [0.717, 1.165) is 32.8 Å². The smallest absolute Gasteiger partial charge is 0.223 e. The fourth-order valence-electron chi connectivity index (χ4n) is 2.06. The summed E-state index contributed by atoms with van der Waals surface area (Å²) in [5.41, 5.74) is 0. The maximum Gasteiger partial charge on any atom is 0.223 e. The molecule has 1 aliphatic rings. The fraction of sp³-hybridized carbons (Fsp3) is 0.533. The third kappa shape index (κ3) is 6.10. The predicted octanol–water partition coefficient (Wildman–Crippen LogP) is 1.04. The monoisotopic (exact) mass is 296 g/mol. The van der Waals surface area contributed by atoms with Gasteiger partial charge in [0.15, 0.2) is 0 Å².